The van der Waals surface area contributed by atoms with Gasteiger partial charge >= 0.3 is 5.97 Å². The van der Waals surface area contributed by atoms with Gasteiger partial charge in [-0.05, 0) is 38.0 Å². The summed E-state index contributed by atoms with van der Waals surface area (Å²) in [7, 11) is 0. The number of hydrogen-bond acceptors (Lipinski definition) is 3. The highest BCUT2D eigenvalue weighted by Crippen LogP contribution is 2.51. The van der Waals surface area contributed by atoms with Crippen LogP contribution in [0.15, 0.2) is 12.2 Å². The van der Waals surface area contributed by atoms with Gasteiger partial charge in [-0.1, -0.05) is 12.2 Å². The first-order valence-electron chi connectivity index (χ1n) is 6.15. The number of hydrogen-bond donors (Lipinski definition) is 1. The Morgan fingerprint density at radius 3 is 3.06 bits per heavy atom. The van der Waals surface area contributed by atoms with Crippen molar-refractivity contribution >= 4 is 5.97 Å². The number of ether oxygens (including phenoxy) is 1. The lowest BCUT2D eigenvalue weighted by atomic mass is 9.64. The molecular formula is C13H20O3. The normalized spacial score (nSPS) is 37.1. The quantitative estimate of drug-likeness (QED) is 0.589. The number of carbonyl (C=O) groups is 1. The molecule has 90 valence electrons. The molecule has 1 fully saturated rings. The molecule has 0 saturated heterocycles. The Bertz CT molecular complexity index is 298. The summed E-state index contributed by atoms with van der Waals surface area (Å²) in [5, 5.41) is 9.24. The molecule has 1 unspecified atom stereocenters. The van der Waals surface area contributed by atoms with Crippen LogP contribution < -0.4 is 0 Å². The van der Waals surface area contributed by atoms with Gasteiger partial charge in [-0.25, -0.2) is 0 Å². The second-order valence-electron chi connectivity index (χ2n) is 4.95. The Hall–Kier alpha value is -0.830. The summed E-state index contributed by atoms with van der Waals surface area (Å²) in [4.78, 5) is 11.1. The summed E-state index contributed by atoms with van der Waals surface area (Å²) in [5.74, 6) is 0.348. The molecule has 2 aliphatic rings. The fraction of sp³-hybridized carbons (Fsp3) is 0.769. The van der Waals surface area contributed by atoms with Crippen molar-refractivity contribution in [2.24, 2.45) is 11.3 Å². The molecule has 3 heteroatoms. The molecule has 0 spiro atoms. The van der Waals surface area contributed by atoms with Crippen LogP contribution in [0.2, 0.25) is 0 Å². The van der Waals surface area contributed by atoms with E-state index in [9.17, 15) is 9.90 Å². The monoisotopic (exact) mass is 224 g/mol. The standard InChI is InChI=1S/C13H20O3/c1-10(15)16-12-6-2-4-11-5-3-7-13(11,12)8-9-14/h3,7,11-12,14H,2,4-6,8-9H2,1H3/t11-,12?,13-/m1/s1. The van der Waals surface area contributed by atoms with Crippen molar-refractivity contribution in [1.29, 1.82) is 0 Å². The first kappa shape index (κ1) is 11.6. The van der Waals surface area contributed by atoms with E-state index in [-0.39, 0.29) is 24.1 Å². The van der Waals surface area contributed by atoms with Gasteiger partial charge in [0.05, 0.1) is 0 Å². The van der Waals surface area contributed by atoms with E-state index in [1.54, 1.807) is 0 Å². The van der Waals surface area contributed by atoms with Crippen molar-refractivity contribution in [2.45, 2.75) is 45.1 Å². The molecule has 0 aliphatic heterocycles. The number of aliphatic hydroxyl groups excluding tert-OH is 1. The molecule has 0 heterocycles. The van der Waals surface area contributed by atoms with Crippen LogP contribution in [0.4, 0.5) is 0 Å². The number of aliphatic hydroxyl groups is 1. The molecule has 0 aromatic rings. The number of esters is 1. The first-order valence-corrected chi connectivity index (χ1v) is 6.15. The van der Waals surface area contributed by atoms with E-state index in [4.69, 9.17) is 4.74 Å². The van der Waals surface area contributed by atoms with Crippen LogP contribution in [-0.4, -0.2) is 23.8 Å². The number of rotatable bonds is 3. The number of allylic oxidation sites excluding steroid dienone is 1. The minimum Gasteiger partial charge on any atom is -0.462 e. The number of carbonyl (C=O) groups excluding carboxylic acids is 1. The number of fused-ring (bicyclic) bond motifs is 1. The fourth-order valence-corrected chi connectivity index (χ4v) is 3.39. The summed E-state index contributed by atoms with van der Waals surface area (Å²) in [6.45, 7) is 1.63. The zero-order chi connectivity index (χ0) is 11.6. The van der Waals surface area contributed by atoms with Gasteiger partial charge in [-0.2, -0.15) is 0 Å². The summed E-state index contributed by atoms with van der Waals surface area (Å²) >= 11 is 0. The van der Waals surface area contributed by atoms with E-state index in [2.05, 4.69) is 12.2 Å². The Balaban J connectivity index is 2.20. The zero-order valence-corrected chi connectivity index (χ0v) is 9.82. The summed E-state index contributed by atoms with van der Waals surface area (Å²) in [6.07, 6.45) is 9.35. The molecule has 1 saturated carbocycles. The van der Waals surface area contributed by atoms with E-state index < -0.39 is 0 Å². The van der Waals surface area contributed by atoms with E-state index >= 15 is 0 Å². The van der Waals surface area contributed by atoms with E-state index in [1.165, 1.54) is 13.3 Å². The lowest BCUT2D eigenvalue weighted by molar-refractivity contribution is -0.157. The Morgan fingerprint density at radius 1 is 1.56 bits per heavy atom. The van der Waals surface area contributed by atoms with Crippen molar-refractivity contribution < 1.29 is 14.6 Å². The fourth-order valence-electron chi connectivity index (χ4n) is 3.39. The lowest BCUT2D eigenvalue weighted by Crippen LogP contribution is -2.44. The van der Waals surface area contributed by atoms with Crippen molar-refractivity contribution in [3.8, 4) is 0 Å². The maximum Gasteiger partial charge on any atom is 0.302 e. The van der Waals surface area contributed by atoms with Crippen LogP contribution in [0, 0.1) is 11.3 Å². The molecule has 3 atom stereocenters. The molecular weight excluding hydrogens is 204 g/mol. The minimum atomic E-state index is -0.205. The van der Waals surface area contributed by atoms with Crippen LogP contribution in [-0.2, 0) is 9.53 Å². The van der Waals surface area contributed by atoms with E-state index in [1.807, 2.05) is 0 Å². The molecule has 2 aliphatic carbocycles. The zero-order valence-electron chi connectivity index (χ0n) is 9.82. The van der Waals surface area contributed by atoms with Crippen LogP contribution in [0.25, 0.3) is 0 Å². The van der Waals surface area contributed by atoms with Crippen LogP contribution in [0.1, 0.15) is 39.0 Å². The Kier molecular flexibility index (Phi) is 3.33. The van der Waals surface area contributed by atoms with Gasteiger partial charge < -0.3 is 9.84 Å². The van der Waals surface area contributed by atoms with E-state index in [0.29, 0.717) is 12.3 Å². The van der Waals surface area contributed by atoms with Crippen molar-refractivity contribution in [1.82, 2.24) is 0 Å². The average molecular weight is 224 g/mol. The molecule has 0 radical (unpaired) electrons. The largest absolute Gasteiger partial charge is 0.462 e. The van der Waals surface area contributed by atoms with Crippen molar-refractivity contribution in [3.63, 3.8) is 0 Å². The SMILES string of the molecule is CC(=O)OC1CCC[C@@H]2CC=C[C@]12CCO. The van der Waals surface area contributed by atoms with Gasteiger partial charge in [0.2, 0.25) is 0 Å². The molecule has 0 bridgehead atoms. The van der Waals surface area contributed by atoms with Crippen molar-refractivity contribution in [3.05, 3.63) is 12.2 Å². The summed E-state index contributed by atoms with van der Waals surface area (Å²) < 4.78 is 5.46. The smallest absolute Gasteiger partial charge is 0.302 e. The molecule has 0 amide bonds. The summed E-state index contributed by atoms with van der Waals surface area (Å²) in [6, 6.07) is 0. The van der Waals surface area contributed by atoms with Gasteiger partial charge in [0.15, 0.2) is 0 Å². The average Bonchev–Trinajstić information content (AvgIpc) is 2.62. The van der Waals surface area contributed by atoms with Crippen LogP contribution in [0.3, 0.4) is 0 Å². The highest BCUT2D eigenvalue weighted by atomic mass is 16.5. The minimum absolute atomic E-state index is 0.0327. The van der Waals surface area contributed by atoms with Gasteiger partial charge in [0, 0.05) is 18.9 Å². The van der Waals surface area contributed by atoms with Gasteiger partial charge in [0.25, 0.3) is 0 Å². The van der Waals surface area contributed by atoms with Crippen LogP contribution in [0.5, 0.6) is 0 Å². The third kappa shape index (κ3) is 1.88. The van der Waals surface area contributed by atoms with Crippen LogP contribution >= 0.6 is 0 Å². The maximum absolute atomic E-state index is 11.1. The first-order chi connectivity index (χ1) is 7.69. The second kappa shape index (κ2) is 4.58. The molecule has 1 N–H and O–H groups in total. The van der Waals surface area contributed by atoms with E-state index in [0.717, 1.165) is 19.3 Å². The Labute approximate surface area is 96.5 Å². The Morgan fingerprint density at radius 2 is 2.38 bits per heavy atom. The van der Waals surface area contributed by atoms with Gasteiger partial charge in [-0.15, -0.1) is 0 Å². The molecule has 3 nitrogen and oxygen atoms in total. The molecule has 0 aromatic heterocycles. The topological polar surface area (TPSA) is 46.5 Å². The second-order valence-corrected chi connectivity index (χ2v) is 4.95. The predicted octanol–water partition coefficient (Wildman–Crippen LogP) is 2.05. The molecule has 0 aromatic carbocycles. The lowest BCUT2D eigenvalue weighted by Gasteiger charge is -2.44. The summed E-state index contributed by atoms with van der Waals surface area (Å²) in [5.41, 5.74) is -0.0847. The van der Waals surface area contributed by atoms with Gasteiger partial charge in [-0.3, -0.25) is 4.79 Å². The maximum atomic E-state index is 11.1. The van der Waals surface area contributed by atoms with Crippen molar-refractivity contribution in [2.75, 3.05) is 6.61 Å². The third-order valence-corrected chi connectivity index (χ3v) is 4.08. The third-order valence-electron chi connectivity index (χ3n) is 4.08. The predicted molar refractivity (Wildman–Crippen MR) is 60.8 cm³/mol. The molecule has 2 rings (SSSR count). The van der Waals surface area contributed by atoms with Gasteiger partial charge in [0.1, 0.15) is 6.10 Å². The highest BCUT2D eigenvalue weighted by molar-refractivity contribution is 5.66. The molecule has 16 heavy (non-hydrogen) atoms. The highest BCUT2D eigenvalue weighted by Gasteiger charge is 2.48.